The topological polar surface area (TPSA) is 57.5 Å². The Morgan fingerprint density at radius 3 is 1.70 bits per heavy atom. The van der Waals surface area contributed by atoms with Crippen molar-refractivity contribution < 1.29 is 19.1 Å². The number of aryl methyl sites for hydroxylation is 1. The van der Waals surface area contributed by atoms with E-state index in [0.717, 1.165) is 41.2 Å². The lowest BCUT2D eigenvalue weighted by molar-refractivity contribution is 0.0517. The van der Waals surface area contributed by atoms with Crippen LogP contribution in [0.5, 0.6) is 0 Å². The first-order chi connectivity index (χ1) is 13.1. The smallest absolute Gasteiger partial charge is 0.338 e. The molecule has 1 aromatic heterocycles. The normalized spacial score (nSPS) is 11.1. The molecule has 3 aromatic rings. The van der Waals surface area contributed by atoms with Gasteiger partial charge in [0.2, 0.25) is 0 Å². The maximum absolute atomic E-state index is 12.2. The Balaban J connectivity index is 2.21. The summed E-state index contributed by atoms with van der Waals surface area (Å²) in [6.07, 6.45) is 2.14. The molecular weight excluding hydrogens is 342 g/mol. The summed E-state index contributed by atoms with van der Waals surface area (Å²) < 4.78 is 12.5. The Kier molecular flexibility index (Phi) is 5.79. The summed E-state index contributed by atoms with van der Waals surface area (Å²) in [7, 11) is 0. The minimum Gasteiger partial charge on any atom is -0.462 e. The van der Waals surface area contributed by atoms with Crippen LogP contribution in [-0.4, -0.2) is 29.7 Å². The summed E-state index contributed by atoms with van der Waals surface area (Å²) in [5.41, 5.74) is 3.13. The number of hydrogen-bond donors (Lipinski definition) is 0. The van der Waals surface area contributed by atoms with Crippen molar-refractivity contribution in [1.29, 1.82) is 0 Å². The molecule has 0 aliphatic heterocycles. The van der Waals surface area contributed by atoms with Crippen LogP contribution in [0.25, 0.3) is 21.8 Å². The predicted molar refractivity (Wildman–Crippen MR) is 106 cm³/mol. The Morgan fingerprint density at radius 2 is 1.30 bits per heavy atom. The summed E-state index contributed by atoms with van der Waals surface area (Å²) in [6.45, 7) is 7.29. The van der Waals surface area contributed by atoms with Crippen LogP contribution in [0, 0.1) is 0 Å². The molecule has 2 aromatic carbocycles. The largest absolute Gasteiger partial charge is 0.462 e. The number of ether oxygens (including phenoxy) is 2. The third kappa shape index (κ3) is 3.68. The second-order valence-corrected chi connectivity index (χ2v) is 6.41. The minimum atomic E-state index is -0.338. The van der Waals surface area contributed by atoms with Crippen LogP contribution in [0.3, 0.4) is 0 Å². The van der Waals surface area contributed by atoms with Gasteiger partial charge in [0.05, 0.1) is 24.3 Å². The lowest BCUT2D eigenvalue weighted by Gasteiger charge is -2.07. The molecule has 0 aliphatic rings. The number of nitrogens with zero attached hydrogens (tertiary/aromatic N) is 1. The van der Waals surface area contributed by atoms with Crippen LogP contribution in [0.4, 0.5) is 0 Å². The van der Waals surface area contributed by atoms with E-state index < -0.39 is 0 Å². The van der Waals surface area contributed by atoms with Crippen molar-refractivity contribution in [3.05, 3.63) is 47.5 Å². The van der Waals surface area contributed by atoms with Crippen molar-refractivity contribution in [1.82, 2.24) is 4.57 Å². The van der Waals surface area contributed by atoms with Crippen LogP contribution < -0.4 is 0 Å². The Labute approximate surface area is 158 Å². The number of unbranched alkanes of at least 4 members (excludes halogenated alkanes) is 1. The molecule has 3 rings (SSSR count). The fourth-order valence-corrected chi connectivity index (χ4v) is 3.34. The summed E-state index contributed by atoms with van der Waals surface area (Å²) in [5, 5.41) is 1.88. The van der Waals surface area contributed by atoms with E-state index in [-0.39, 0.29) is 11.9 Å². The Morgan fingerprint density at radius 1 is 0.815 bits per heavy atom. The minimum absolute atomic E-state index is 0.335. The molecule has 0 saturated carbocycles. The van der Waals surface area contributed by atoms with Crippen molar-refractivity contribution in [2.24, 2.45) is 0 Å². The number of aromatic nitrogens is 1. The number of benzene rings is 2. The molecule has 1 heterocycles. The Bertz CT molecular complexity index is 912. The maximum atomic E-state index is 12.2. The van der Waals surface area contributed by atoms with Gasteiger partial charge in [0, 0.05) is 28.4 Å². The van der Waals surface area contributed by atoms with Gasteiger partial charge in [0.15, 0.2) is 0 Å². The lowest BCUT2D eigenvalue weighted by atomic mass is 10.1. The van der Waals surface area contributed by atoms with Crippen molar-refractivity contribution in [2.75, 3.05) is 13.2 Å². The van der Waals surface area contributed by atoms with E-state index >= 15 is 0 Å². The van der Waals surface area contributed by atoms with Gasteiger partial charge in [0.1, 0.15) is 0 Å². The van der Waals surface area contributed by atoms with Gasteiger partial charge in [-0.15, -0.1) is 0 Å². The molecule has 0 aliphatic carbocycles. The molecule has 0 amide bonds. The van der Waals surface area contributed by atoms with E-state index in [0.29, 0.717) is 24.3 Å². The summed E-state index contributed by atoms with van der Waals surface area (Å²) in [4.78, 5) is 24.3. The second kappa shape index (κ2) is 8.25. The first kappa shape index (κ1) is 19.0. The van der Waals surface area contributed by atoms with E-state index in [9.17, 15) is 9.59 Å². The number of carbonyl (C=O) groups is 2. The van der Waals surface area contributed by atoms with Crippen LogP contribution in [0.1, 0.15) is 54.3 Å². The highest BCUT2D eigenvalue weighted by molar-refractivity contribution is 6.12. The number of hydrogen-bond acceptors (Lipinski definition) is 4. The zero-order valence-electron chi connectivity index (χ0n) is 16.1. The molecule has 0 saturated heterocycles. The monoisotopic (exact) mass is 367 g/mol. The van der Waals surface area contributed by atoms with Crippen LogP contribution in [0.15, 0.2) is 36.4 Å². The molecule has 0 fully saturated rings. The number of fused-ring (bicyclic) bond motifs is 3. The second-order valence-electron chi connectivity index (χ2n) is 6.41. The SMILES string of the molecule is CCCCn1c2ccc(C(=O)OCC)cc2c2cc(C(=O)OCC)ccc21. The fourth-order valence-electron chi connectivity index (χ4n) is 3.34. The predicted octanol–water partition coefficient (Wildman–Crippen LogP) is 4.95. The summed E-state index contributed by atoms with van der Waals surface area (Å²) >= 11 is 0. The van der Waals surface area contributed by atoms with Crippen LogP contribution in [0.2, 0.25) is 0 Å². The first-order valence-electron chi connectivity index (χ1n) is 9.50. The third-order valence-electron chi connectivity index (χ3n) is 4.62. The van der Waals surface area contributed by atoms with Crippen LogP contribution >= 0.6 is 0 Å². The fraction of sp³-hybridized carbons (Fsp3) is 0.364. The third-order valence-corrected chi connectivity index (χ3v) is 4.62. The number of rotatable bonds is 7. The highest BCUT2D eigenvalue weighted by atomic mass is 16.5. The van der Waals surface area contributed by atoms with Gasteiger partial charge in [-0.25, -0.2) is 9.59 Å². The van der Waals surface area contributed by atoms with Crippen LogP contribution in [-0.2, 0) is 16.0 Å². The van der Waals surface area contributed by atoms with Crippen molar-refractivity contribution in [2.45, 2.75) is 40.2 Å². The van der Waals surface area contributed by atoms with Crippen molar-refractivity contribution in [3.8, 4) is 0 Å². The highest BCUT2D eigenvalue weighted by Gasteiger charge is 2.16. The van der Waals surface area contributed by atoms with E-state index in [1.54, 1.807) is 26.0 Å². The molecule has 0 bridgehead atoms. The molecule has 142 valence electrons. The number of esters is 2. The number of carbonyl (C=O) groups excluding carboxylic acids is 2. The van der Waals surface area contributed by atoms with Gasteiger partial charge < -0.3 is 14.0 Å². The first-order valence-corrected chi connectivity index (χ1v) is 9.50. The summed E-state index contributed by atoms with van der Waals surface area (Å²) in [5.74, 6) is -0.675. The molecule has 0 spiro atoms. The molecule has 0 N–H and O–H groups in total. The zero-order valence-corrected chi connectivity index (χ0v) is 16.1. The van der Waals surface area contributed by atoms with Gasteiger partial charge in [-0.1, -0.05) is 13.3 Å². The van der Waals surface area contributed by atoms with Gasteiger partial charge in [-0.05, 0) is 56.7 Å². The van der Waals surface area contributed by atoms with Gasteiger partial charge >= 0.3 is 11.9 Å². The molecule has 27 heavy (non-hydrogen) atoms. The highest BCUT2D eigenvalue weighted by Crippen LogP contribution is 2.31. The Hall–Kier alpha value is -2.82. The molecule has 5 heteroatoms. The van der Waals surface area contributed by atoms with E-state index in [1.807, 2.05) is 24.3 Å². The standard InChI is InChI=1S/C22H25NO4/c1-4-7-12-23-19-10-8-15(21(24)26-5-2)13-17(19)18-14-16(9-11-20(18)23)22(25)27-6-3/h8-11,13-14H,4-7,12H2,1-3H3. The molecular formula is C22H25NO4. The van der Waals surface area contributed by atoms with Gasteiger partial charge in [-0.2, -0.15) is 0 Å². The van der Waals surface area contributed by atoms with E-state index in [2.05, 4.69) is 11.5 Å². The molecule has 0 radical (unpaired) electrons. The average molecular weight is 367 g/mol. The average Bonchev–Trinajstić information content (AvgIpc) is 2.99. The molecule has 5 nitrogen and oxygen atoms in total. The van der Waals surface area contributed by atoms with E-state index in [1.165, 1.54) is 0 Å². The van der Waals surface area contributed by atoms with Gasteiger partial charge in [0.25, 0.3) is 0 Å². The van der Waals surface area contributed by atoms with Gasteiger partial charge in [-0.3, -0.25) is 0 Å². The lowest BCUT2D eigenvalue weighted by Crippen LogP contribution is -2.04. The summed E-state index contributed by atoms with van der Waals surface area (Å²) in [6, 6.07) is 11.2. The quantitative estimate of drug-likeness (QED) is 0.555. The van der Waals surface area contributed by atoms with E-state index in [4.69, 9.17) is 9.47 Å². The van der Waals surface area contributed by atoms with Crippen molar-refractivity contribution in [3.63, 3.8) is 0 Å². The molecule has 0 unspecified atom stereocenters. The zero-order chi connectivity index (χ0) is 19.4. The maximum Gasteiger partial charge on any atom is 0.338 e. The van der Waals surface area contributed by atoms with Crippen molar-refractivity contribution >= 4 is 33.7 Å². The molecule has 0 atom stereocenters.